The minimum atomic E-state index is -0.0430. The van der Waals surface area contributed by atoms with Gasteiger partial charge >= 0.3 is 0 Å². The van der Waals surface area contributed by atoms with Gasteiger partial charge in [-0.3, -0.25) is 0 Å². The zero-order chi connectivity index (χ0) is 14.7. The molecule has 110 valence electrons. The number of halogens is 2. The Morgan fingerprint density at radius 3 is 2.67 bits per heavy atom. The topological polar surface area (TPSA) is 21.3 Å². The first-order valence-corrected chi connectivity index (χ1v) is 8.29. The van der Waals surface area contributed by atoms with E-state index in [2.05, 4.69) is 33.4 Å². The van der Waals surface area contributed by atoms with E-state index >= 15 is 0 Å². The van der Waals surface area contributed by atoms with Crippen LogP contribution < -0.4 is 10.1 Å². The summed E-state index contributed by atoms with van der Waals surface area (Å²) < 4.78 is 7.13. The Labute approximate surface area is 138 Å². The van der Waals surface area contributed by atoms with Crippen molar-refractivity contribution < 1.29 is 4.74 Å². The summed E-state index contributed by atoms with van der Waals surface area (Å²) in [6, 6.07) is 16.6. The number of ether oxygens (including phenoxy) is 1. The van der Waals surface area contributed by atoms with E-state index in [1.807, 2.05) is 36.4 Å². The van der Waals surface area contributed by atoms with Crippen molar-refractivity contribution in [1.82, 2.24) is 5.32 Å². The van der Waals surface area contributed by atoms with Gasteiger partial charge in [0, 0.05) is 17.1 Å². The van der Waals surface area contributed by atoms with Crippen LogP contribution >= 0.6 is 27.5 Å². The summed E-state index contributed by atoms with van der Waals surface area (Å²) in [7, 11) is 0. The van der Waals surface area contributed by atoms with Crippen LogP contribution in [0.25, 0.3) is 0 Å². The van der Waals surface area contributed by atoms with Crippen molar-refractivity contribution in [3.8, 4) is 5.75 Å². The molecule has 1 aliphatic carbocycles. The van der Waals surface area contributed by atoms with Crippen LogP contribution in [0.4, 0.5) is 0 Å². The summed E-state index contributed by atoms with van der Waals surface area (Å²) >= 11 is 9.70. The van der Waals surface area contributed by atoms with Gasteiger partial charge in [0.2, 0.25) is 0 Å². The molecule has 0 spiro atoms. The van der Waals surface area contributed by atoms with Gasteiger partial charge in [0.25, 0.3) is 0 Å². The second-order valence-corrected chi connectivity index (χ2v) is 6.60. The summed E-state index contributed by atoms with van der Waals surface area (Å²) in [5.41, 5.74) is 1.15. The Balaban J connectivity index is 1.78. The Morgan fingerprint density at radius 1 is 1.19 bits per heavy atom. The summed E-state index contributed by atoms with van der Waals surface area (Å²) in [5.74, 6) is 0.706. The summed E-state index contributed by atoms with van der Waals surface area (Å²) in [4.78, 5) is 0. The second-order valence-electron chi connectivity index (χ2n) is 5.27. The molecule has 1 N–H and O–H groups in total. The quantitative estimate of drug-likeness (QED) is 0.779. The van der Waals surface area contributed by atoms with Crippen LogP contribution in [0.2, 0.25) is 5.02 Å². The van der Waals surface area contributed by atoms with Gasteiger partial charge in [-0.25, -0.2) is 0 Å². The molecule has 21 heavy (non-hydrogen) atoms. The monoisotopic (exact) mass is 365 g/mol. The molecule has 0 aliphatic heterocycles. The van der Waals surface area contributed by atoms with E-state index in [1.54, 1.807) is 0 Å². The van der Waals surface area contributed by atoms with E-state index in [-0.39, 0.29) is 6.10 Å². The highest BCUT2D eigenvalue weighted by Gasteiger charge is 2.23. The fourth-order valence-corrected chi connectivity index (χ4v) is 2.68. The maximum absolute atomic E-state index is 6.24. The smallest absolute Gasteiger partial charge is 0.140 e. The lowest BCUT2D eigenvalue weighted by atomic mass is 10.1. The first-order chi connectivity index (χ1) is 10.2. The molecular weight excluding hydrogens is 350 g/mol. The third-order valence-electron chi connectivity index (χ3n) is 3.50. The predicted molar refractivity (Wildman–Crippen MR) is 90.0 cm³/mol. The van der Waals surface area contributed by atoms with E-state index in [9.17, 15) is 0 Å². The molecule has 1 saturated carbocycles. The fraction of sp³-hybridized carbons (Fsp3) is 0.294. The highest BCUT2D eigenvalue weighted by Crippen LogP contribution is 2.32. The first kappa shape index (κ1) is 14.9. The molecular formula is C17H17BrClNO. The molecule has 0 aromatic heterocycles. The van der Waals surface area contributed by atoms with E-state index in [0.717, 1.165) is 16.6 Å². The molecule has 0 bridgehead atoms. The first-order valence-electron chi connectivity index (χ1n) is 7.12. The van der Waals surface area contributed by atoms with E-state index in [4.69, 9.17) is 16.3 Å². The van der Waals surface area contributed by atoms with Gasteiger partial charge in [-0.15, -0.1) is 0 Å². The van der Waals surface area contributed by atoms with E-state index in [0.29, 0.717) is 16.8 Å². The third-order valence-corrected chi connectivity index (χ3v) is 4.31. The van der Waals surface area contributed by atoms with Gasteiger partial charge in [-0.1, -0.05) is 57.9 Å². The maximum atomic E-state index is 6.24. The van der Waals surface area contributed by atoms with Crippen LogP contribution in [0.5, 0.6) is 5.75 Å². The Kier molecular flexibility index (Phi) is 4.84. The molecule has 1 fully saturated rings. The van der Waals surface area contributed by atoms with Crippen molar-refractivity contribution in [3.05, 3.63) is 63.6 Å². The summed E-state index contributed by atoms with van der Waals surface area (Å²) in [6.45, 7) is 0.789. The number of hydrogen-bond donors (Lipinski definition) is 1. The van der Waals surface area contributed by atoms with Crippen molar-refractivity contribution in [2.45, 2.75) is 25.0 Å². The molecule has 0 saturated heterocycles. The average Bonchev–Trinajstić information content (AvgIpc) is 3.32. The molecule has 2 aromatic carbocycles. The van der Waals surface area contributed by atoms with E-state index in [1.165, 1.54) is 12.8 Å². The average molecular weight is 367 g/mol. The maximum Gasteiger partial charge on any atom is 0.140 e. The molecule has 2 nitrogen and oxygen atoms in total. The number of nitrogens with one attached hydrogen (secondary N) is 1. The molecule has 0 radical (unpaired) electrons. The van der Waals surface area contributed by atoms with Crippen LogP contribution in [0, 0.1) is 0 Å². The van der Waals surface area contributed by atoms with Gasteiger partial charge in [-0.2, -0.15) is 0 Å². The van der Waals surface area contributed by atoms with E-state index < -0.39 is 0 Å². The van der Waals surface area contributed by atoms with Crippen molar-refractivity contribution in [1.29, 1.82) is 0 Å². The van der Waals surface area contributed by atoms with Crippen LogP contribution in [-0.4, -0.2) is 12.6 Å². The number of hydrogen-bond acceptors (Lipinski definition) is 2. The lowest BCUT2D eigenvalue weighted by Crippen LogP contribution is -2.26. The molecule has 1 aliphatic rings. The zero-order valence-electron chi connectivity index (χ0n) is 11.6. The predicted octanol–water partition coefficient (Wildman–Crippen LogP) is 4.97. The third kappa shape index (κ3) is 4.22. The lowest BCUT2D eigenvalue weighted by Gasteiger charge is -2.21. The Hall–Kier alpha value is -1.03. The van der Waals surface area contributed by atoms with Crippen molar-refractivity contribution >= 4 is 27.5 Å². The second kappa shape index (κ2) is 6.82. The van der Waals surface area contributed by atoms with Crippen LogP contribution in [0.3, 0.4) is 0 Å². The largest absolute Gasteiger partial charge is 0.483 e. The highest BCUT2D eigenvalue weighted by atomic mass is 79.9. The minimum Gasteiger partial charge on any atom is -0.483 e. The fourth-order valence-electron chi connectivity index (χ4n) is 2.18. The minimum absolute atomic E-state index is 0.0430. The van der Waals surface area contributed by atoms with Gasteiger partial charge < -0.3 is 10.1 Å². The van der Waals surface area contributed by atoms with Crippen LogP contribution in [0.15, 0.2) is 53.0 Å². The number of benzene rings is 2. The highest BCUT2D eigenvalue weighted by molar-refractivity contribution is 9.10. The van der Waals surface area contributed by atoms with Crippen molar-refractivity contribution in [3.63, 3.8) is 0 Å². The van der Waals surface area contributed by atoms with Gasteiger partial charge in [-0.05, 0) is 36.6 Å². The molecule has 0 heterocycles. The molecule has 1 unspecified atom stereocenters. The molecule has 2 aromatic rings. The summed E-state index contributed by atoms with van der Waals surface area (Å²) in [6.07, 6.45) is 2.48. The lowest BCUT2D eigenvalue weighted by molar-refractivity contribution is 0.201. The van der Waals surface area contributed by atoms with Crippen LogP contribution in [-0.2, 0) is 0 Å². The van der Waals surface area contributed by atoms with Gasteiger partial charge in [0.15, 0.2) is 0 Å². The standard InChI is InChI=1S/C17H17BrClNO/c18-13-6-9-15(19)16(10-13)21-17(11-20-14-7-8-14)12-4-2-1-3-5-12/h1-6,9-10,14,17,20H,7-8,11H2. The van der Waals surface area contributed by atoms with Gasteiger partial charge in [0.05, 0.1) is 5.02 Å². The van der Waals surface area contributed by atoms with Crippen molar-refractivity contribution in [2.75, 3.05) is 6.54 Å². The zero-order valence-corrected chi connectivity index (χ0v) is 13.9. The normalized spacial score (nSPS) is 15.7. The Bertz CT molecular complexity index is 601. The molecule has 1 atom stereocenters. The Morgan fingerprint density at radius 2 is 1.95 bits per heavy atom. The van der Waals surface area contributed by atoms with Crippen molar-refractivity contribution in [2.24, 2.45) is 0 Å². The molecule has 3 rings (SSSR count). The molecule has 0 amide bonds. The number of rotatable bonds is 6. The SMILES string of the molecule is Clc1ccc(Br)cc1OC(CNC1CC1)c1ccccc1. The van der Waals surface area contributed by atoms with Crippen LogP contribution in [0.1, 0.15) is 24.5 Å². The summed E-state index contributed by atoms with van der Waals surface area (Å²) in [5, 5.41) is 4.16. The molecule has 4 heteroatoms. The van der Waals surface area contributed by atoms with Gasteiger partial charge in [0.1, 0.15) is 11.9 Å².